The van der Waals surface area contributed by atoms with Gasteiger partial charge in [0.05, 0.1) is 0 Å². The van der Waals surface area contributed by atoms with Crippen molar-refractivity contribution < 1.29 is 33.8 Å². The van der Waals surface area contributed by atoms with Crippen LogP contribution in [0.5, 0.6) is 5.75 Å². The molecule has 3 amide bonds. The third kappa shape index (κ3) is 5.62. The molecule has 2 aromatic rings. The number of amides is 3. The van der Waals surface area contributed by atoms with Gasteiger partial charge in [0.1, 0.15) is 35.9 Å². The van der Waals surface area contributed by atoms with Crippen LogP contribution in [-0.2, 0) is 30.5 Å². The maximum Gasteiger partial charge on any atom is 0.408 e. The first kappa shape index (κ1) is 26.6. The van der Waals surface area contributed by atoms with Gasteiger partial charge in [-0.15, -0.1) is 11.8 Å². The van der Waals surface area contributed by atoms with Crippen LogP contribution in [-0.4, -0.2) is 62.2 Å². The zero-order valence-electron chi connectivity index (χ0n) is 20.0. The number of carbonyl (C=O) groups is 4. The van der Waals surface area contributed by atoms with E-state index in [1.165, 1.54) is 40.9 Å². The average Bonchev–Trinajstić information content (AvgIpc) is 3.13. The molecule has 4 rings (SSSR count). The summed E-state index contributed by atoms with van der Waals surface area (Å²) in [5.74, 6) is -1.72. The van der Waals surface area contributed by atoms with E-state index in [0.29, 0.717) is 5.56 Å². The van der Waals surface area contributed by atoms with Gasteiger partial charge < -0.3 is 30.1 Å². The van der Waals surface area contributed by atoms with Crippen LogP contribution in [0, 0.1) is 0 Å². The molecule has 0 spiro atoms. The fraction of sp³-hybridized carbons (Fsp3) is 0.360. The van der Waals surface area contributed by atoms with Crippen molar-refractivity contribution in [2.45, 2.75) is 48.7 Å². The molecule has 0 aromatic heterocycles. The molecule has 196 valence electrons. The van der Waals surface area contributed by atoms with Crippen molar-refractivity contribution in [1.29, 1.82) is 0 Å². The second kappa shape index (κ2) is 10.9. The Bertz CT molecular complexity index is 1180. The van der Waals surface area contributed by atoms with E-state index in [1.54, 1.807) is 12.1 Å². The number of hydrogen-bond acceptors (Lipinski definition) is 8. The lowest BCUT2D eigenvalue weighted by molar-refractivity contribution is -0.163. The second-order valence-electron chi connectivity index (χ2n) is 9.05. The molecule has 0 saturated carbocycles. The lowest BCUT2D eigenvalue weighted by Gasteiger charge is -2.44. The average molecular weight is 548 g/mol. The van der Waals surface area contributed by atoms with Crippen LogP contribution in [0.4, 0.5) is 4.79 Å². The van der Waals surface area contributed by atoms with Gasteiger partial charge in [0, 0.05) is 4.75 Å². The third-order valence-corrected chi connectivity index (χ3v) is 7.80. The van der Waals surface area contributed by atoms with Crippen molar-refractivity contribution in [3.05, 3.63) is 65.7 Å². The molecule has 37 heavy (non-hydrogen) atoms. The van der Waals surface area contributed by atoms with Crippen LogP contribution in [0.2, 0.25) is 0 Å². The lowest BCUT2D eigenvalue weighted by Crippen LogP contribution is -2.71. The van der Waals surface area contributed by atoms with Crippen molar-refractivity contribution in [2.24, 2.45) is 0 Å². The van der Waals surface area contributed by atoms with Crippen molar-refractivity contribution in [2.75, 3.05) is 6.07 Å². The molecule has 2 aliphatic heterocycles. The van der Waals surface area contributed by atoms with Crippen molar-refractivity contribution in [1.82, 2.24) is 15.5 Å². The molecule has 2 aromatic carbocycles. The highest BCUT2D eigenvalue weighted by atomic mass is 35.5. The summed E-state index contributed by atoms with van der Waals surface area (Å²) >= 11 is 6.90. The summed E-state index contributed by atoms with van der Waals surface area (Å²) in [7, 11) is 0. The summed E-state index contributed by atoms with van der Waals surface area (Å²) in [6.45, 7) is 3.62. The molecule has 2 saturated heterocycles. The number of nitrogens with zero attached hydrogens (tertiary/aromatic N) is 1. The number of hydrogen-bond donors (Lipinski definition) is 3. The largest absolute Gasteiger partial charge is 0.508 e. The first-order chi connectivity index (χ1) is 17.6. The zero-order chi connectivity index (χ0) is 26.7. The summed E-state index contributed by atoms with van der Waals surface area (Å²) in [4.78, 5) is 52.7. The number of esters is 1. The molecule has 10 nitrogen and oxygen atoms in total. The van der Waals surface area contributed by atoms with Gasteiger partial charge in [0.25, 0.3) is 0 Å². The topological polar surface area (TPSA) is 134 Å². The predicted octanol–water partition coefficient (Wildman–Crippen LogP) is 2.65. The molecule has 3 N–H and O–H groups in total. The number of β-lactam (4-membered cyclic amide) rings is 1. The van der Waals surface area contributed by atoms with E-state index in [2.05, 4.69) is 10.6 Å². The Kier molecular flexibility index (Phi) is 7.84. The first-order valence-electron chi connectivity index (χ1n) is 11.4. The number of thioether (sulfide) groups is 1. The monoisotopic (exact) mass is 547 g/mol. The van der Waals surface area contributed by atoms with E-state index in [9.17, 15) is 24.3 Å². The maximum absolute atomic E-state index is 13.3. The summed E-state index contributed by atoms with van der Waals surface area (Å²) in [5, 5.41) is 14.4. The highest BCUT2D eigenvalue weighted by molar-refractivity contribution is 8.01. The number of aromatic hydroxyl groups is 1. The number of fused-ring (bicyclic) bond motifs is 1. The number of alkyl halides is 1. The lowest BCUT2D eigenvalue weighted by atomic mass is 9.95. The molecule has 2 unspecified atom stereocenters. The Labute approximate surface area is 222 Å². The van der Waals surface area contributed by atoms with Gasteiger partial charge in [-0.1, -0.05) is 54.1 Å². The number of ether oxygens (including phenoxy) is 2. The summed E-state index contributed by atoms with van der Waals surface area (Å²) in [6, 6.07) is 11.5. The first-order valence-corrected chi connectivity index (χ1v) is 12.8. The normalized spacial score (nSPS) is 22.3. The molecule has 4 atom stereocenters. The van der Waals surface area contributed by atoms with Gasteiger partial charge >= 0.3 is 12.1 Å². The highest BCUT2D eigenvalue weighted by Gasteiger charge is 2.64. The second-order valence-corrected chi connectivity index (χ2v) is 11.0. The molecule has 2 fully saturated rings. The fourth-order valence-corrected chi connectivity index (χ4v) is 6.07. The molecule has 0 radical (unpaired) electrons. The summed E-state index contributed by atoms with van der Waals surface area (Å²) in [5.41, 5.74) is 1.14. The molecule has 12 heteroatoms. The fourth-order valence-electron chi connectivity index (χ4n) is 4.35. The summed E-state index contributed by atoms with van der Waals surface area (Å²) < 4.78 is 9.52. The van der Waals surface area contributed by atoms with Crippen LogP contribution in [0.1, 0.15) is 31.0 Å². The highest BCUT2D eigenvalue weighted by Crippen LogP contribution is 2.51. The SMILES string of the molecule is CC1(C)S[C@@H]2C(NC(=O)C(NC(=O)OCc3ccccc3)c3ccc(O)cc3)C(=O)N2[C@H]1C(=O)OCCl. The maximum atomic E-state index is 13.3. The number of benzene rings is 2. The van der Waals surface area contributed by atoms with Crippen LogP contribution in [0.15, 0.2) is 54.6 Å². The Morgan fingerprint density at radius 2 is 1.78 bits per heavy atom. The number of alkyl carbamates (subject to hydrolysis) is 1. The van der Waals surface area contributed by atoms with Gasteiger partial charge in [-0.2, -0.15) is 0 Å². The van der Waals surface area contributed by atoms with E-state index < -0.39 is 52.1 Å². The molecule has 2 aliphatic rings. The predicted molar refractivity (Wildman–Crippen MR) is 135 cm³/mol. The number of nitrogens with one attached hydrogen (secondary N) is 2. The van der Waals surface area contributed by atoms with Crippen molar-refractivity contribution >= 4 is 47.2 Å². The minimum Gasteiger partial charge on any atom is -0.508 e. The zero-order valence-corrected chi connectivity index (χ0v) is 21.6. The van der Waals surface area contributed by atoms with Crippen LogP contribution < -0.4 is 10.6 Å². The van der Waals surface area contributed by atoms with Gasteiger partial charge in [-0.05, 0) is 37.1 Å². The molecule has 0 aliphatic carbocycles. The number of halogens is 1. The van der Waals surface area contributed by atoms with Gasteiger partial charge in [0.15, 0.2) is 6.07 Å². The van der Waals surface area contributed by atoms with E-state index in [-0.39, 0.29) is 18.4 Å². The van der Waals surface area contributed by atoms with E-state index >= 15 is 0 Å². The van der Waals surface area contributed by atoms with E-state index in [1.807, 2.05) is 32.0 Å². The van der Waals surface area contributed by atoms with Crippen LogP contribution in [0.25, 0.3) is 0 Å². The van der Waals surface area contributed by atoms with Crippen LogP contribution >= 0.6 is 23.4 Å². The number of phenolic OH excluding ortho intramolecular Hbond substituents is 1. The Morgan fingerprint density at radius 1 is 1.11 bits per heavy atom. The quantitative estimate of drug-likeness (QED) is 0.261. The van der Waals surface area contributed by atoms with Crippen molar-refractivity contribution in [3.8, 4) is 5.75 Å². The standard InChI is InChI=1S/C25H26ClN3O7S/c1-25(2)19(23(33)36-13-26)29-21(32)18(22(29)37-25)27-20(31)17(15-8-10-16(30)11-9-15)28-24(34)35-12-14-6-4-3-5-7-14/h3-11,17-19,22,30H,12-13H2,1-2H3,(H,27,31)(H,28,34)/t17?,18?,19-,22+/m0/s1. The van der Waals surface area contributed by atoms with E-state index in [4.69, 9.17) is 21.1 Å². The van der Waals surface area contributed by atoms with Crippen molar-refractivity contribution in [3.63, 3.8) is 0 Å². The minimum absolute atomic E-state index is 0.000246. The minimum atomic E-state index is -1.21. The van der Waals surface area contributed by atoms with E-state index in [0.717, 1.165) is 5.56 Å². The number of phenols is 1. The smallest absolute Gasteiger partial charge is 0.408 e. The third-order valence-electron chi connectivity index (χ3n) is 6.12. The number of carbonyl (C=O) groups excluding carboxylic acids is 4. The van der Waals surface area contributed by atoms with Gasteiger partial charge in [-0.3, -0.25) is 9.59 Å². The Hall–Kier alpha value is -3.44. The van der Waals surface area contributed by atoms with Gasteiger partial charge in [0.2, 0.25) is 11.8 Å². The van der Waals surface area contributed by atoms with Gasteiger partial charge in [-0.25, -0.2) is 9.59 Å². The Balaban J connectivity index is 1.47. The molecule has 2 heterocycles. The molecular formula is C25H26ClN3O7S. The van der Waals surface area contributed by atoms with Crippen LogP contribution in [0.3, 0.4) is 0 Å². The Morgan fingerprint density at radius 3 is 2.43 bits per heavy atom. The molecule has 0 bridgehead atoms. The summed E-state index contributed by atoms with van der Waals surface area (Å²) in [6.07, 6.45) is -0.834. The molecular weight excluding hydrogens is 522 g/mol. The number of rotatable bonds is 8.